The van der Waals surface area contributed by atoms with Crippen molar-refractivity contribution in [2.45, 2.75) is 25.3 Å². The Kier molecular flexibility index (Phi) is 7.12. The second-order valence-corrected chi connectivity index (χ2v) is 6.87. The lowest BCUT2D eigenvalue weighted by Gasteiger charge is -2.17. The zero-order valence-corrected chi connectivity index (χ0v) is 15.4. The molecule has 2 rings (SSSR count). The number of halogens is 3. The number of carbonyl (C=O) groups is 2. The van der Waals surface area contributed by atoms with Crippen molar-refractivity contribution in [2.75, 3.05) is 0 Å². The number of nitrogens with one attached hydrogen (secondary N) is 1. The van der Waals surface area contributed by atoms with Crippen molar-refractivity contribution < 1.29 is 14.7 Å². The second kappa shape index (κ2) is 9.09. The van der Waals surface area contributed by atoms with E-state index >= 15 is 0 Å². The molecule has 1 atom stereocenters. The molecular weight excluding hydrogens is 385 g/mol. The van der Waals surface area contributed by atoms with Crippen LogP contribution in [0.5, 0.6) is 0 Å². The third kappa shape index (κ3) is 6.58. The van der Waals surface area contributed by atoms with Crippen LogP contribution in [0, 0.1) is 0 Å². The van der Waals surface area contributed by atoms with Crippen LogP contribution in [0.2, 0.25) is 15.1 Å². The minimum atomic E-state index is -0.989. The Bertz CT molecular complexity index is 763. The van der Waals surface area contributed by atoms with E-state index in [-0.39, 0.29) is 18.7 Å². The number of rotatable bonds is 7. The maximum atomic E-state index is 12.2. The Morgan fingerprint density at radius 1 is 0.960 bits per heavy atom. The van der Waals surface area contributed by atoms with Crippen LogP contribution in [0.25, 0.3) is 0 Å². The van der Waals surface area contributed by atoms with Crippen LogP contribution < -0.4 is 5.32 Å². The SMILES string of the molecule is O=C(O)CC(Cc1ccc(Cl)c(Cl)c1)NC(=O)Cc1ccc(Cl)cc1. The summed E-state index contributed by atoms with van der Waals surface area (Å²) in [7, 11) is 0. The third-order valence-corrected chi connectivity index (χ3v) is 4.52. The van der Waals surface area contributed by atoms with E-state index in [0.717, 1.165) is 11.1 Å². The van der Waals surface area contributed by atoms with Gasteiger partial charge in [-0.05, 0) is 41.8 Å². The Hall–Kier alpha value is -1.75. The fourth-order valence-electron chi connectivity index (χ4n) is 2.40. The molecule has 7 heteroatoms. The molecule has 0 saturated carbocycles. The minimum Gasteiger partial charge on any atom is -0.481 e. The minimum absolute atomic E-state index is 0.147. The smallest absolute Gasteiger partial charge is 0.305 e. The summed E-state index contributed by atoms with van der Waals surface area (Å²) in [5.41, 5.74) is 1.60. The highest BCUT2D eigenvalue weighted by Gasteiger charge is 2.17. The van der Waals surface area contributed by atoms with Crippen molar-refractivity contribution >= 4 is 46.7 Å². The molecule has 2 aromatic rings. The number of hydrogen-bond acceptors (Lipinski definition) is 2. The summed E-state index contributed by atoms with van der Waals surface area (Å²) in [6, 6.07) is 11.4. The van der Waals surface area contributed by atoms with Crippen molar-refractivity contribution in [1.29, 1.82) is 0 Å². The van der Waals surface area contributed by atoms with E-state index in [4.69, 9.17) is 39.9 Å². The second-order valence-electron chi connectivity index (χ2n) is 5.62. The number of carbonyl (C=O) groups excluding carboxylic acids is 1. The van der Waals surface area contributed by atoms with E-state index in [1.165, 1.54) is 0 Å². The van der Waals surface area contributed by atoms with Gasteiger partial charge >= 0.3 is 5.97 Å². The topological polar surface area (TPSA) is 66.4 Å². The van der Waals surface area contributed by atoms with Crippen LogP contribution >= 0.6 is 34.8 Å². The van der Waals surface area contributed by atoms with Gasteiger partial charge in [0.1, 0.15) is 0 Å². The van der Waals surface area contributed by atoms with Crippen LogP contribution in [0.15, 0.2) is 42.5 Å². The first-order valence-corrected chi connectivity index (χ1v) is 8.66. The van der Waals surface area contributed by atoms with Crippen molar-refractivity contribution in [1.82, 2.24) is 5.32 Å². The van der Waals surface area contributed by atoms with Crippen LogP contribution in [-0.4, -0.2) is 23.0 Å². The molecule has 4 nitrogen and oxygen atoms in total. The maximum Gasteiger partial charge on any atom is 0.305 e. The van der Waals surface area contributed by atoms with Gasteiger partial charge in [0.15, 0.2) is 0 Å². The molecule has 0 heterocycles. The average Bonchev–Trinajstić information content (AvgIpc) is 2.52. The summed E-state index contributed by atoms with van der Waals surface area (Å²) in [4.78, 5) is 23.3. The fraction of sp³-hybridized carbons (Fsp3) is 0.222. The summed E-state index contributed by atoms with van der Waals surface area (Å²) in [5, 5.41) is 13.2. The highest BCUT2D eigenvalue weighted by molar-refractivity contribution is 6.42. The molecule has 25 heavy (non-hydrogen) atoms. The van der Waals surface area contributed by atoms with E-state index in [1.807, 2.05) is 0 Å². The van der Waals surface area contributed by atoms with Gasteiger partial charge in [-0.25, -0.2) is 0 Å². The molecule has 0 aliphatic heterocycles. The third-order valence-electron chi connectivity index (χ3n) is 3.53. The lowest BCUT2D eigenvalue weighted by Crippen LogP contribution is -2.39. The molecule has 0 aliphatic rings. The predicted molar refractivity (Wildman–Crippen MR) is 99.5 cm³/mol. The summed E-state index contributed by atoms with van der Waals surface area (Å²) < 4.78 is 0. The summed E-state index contributed by atoms with van der Waals surface area (Å²) in [5.74, 6) is -1.24. The van der Waals surface area contributed by atoms with Gasteiger partial charge in [0.2, 0.25) is 5.91 Å². The lowest BCUT2D eigenvalue weighted by molar-refractivity contribution is -0.137. The fourth-order valence-corrected chi connectivity index (χ4v) is 2.85. The van der Waals surface area contributed by atoms with Crippen molar-refractivity contribution in [2.24, 2.45) is 0 Å². The van der Waals surface area contributed by atoms with Crippen molar-refractivity contribution in [3.8, 4) is 0 Å². The van der Waals surface area contributed by atoms with Gasteiger partial charge in [-0.1, -0.05) is 53.0 Å². The van der Waals surface area contributed by atoms with Gasteiger partial charge in [-0.2, -0.15) is 0 Å². The Morgan fingerprint density at radius 3 is 2.20 bits per heavy atom. The zero-order chi connectivity index (χ0) is 18.4. The quantitative estimate of drug-likeness (QED) is 0.724. The van der Waals surface area contributed by atoms with Gasteiger partial charge < -0.3 is 10.4 Å². The molecule has 2 aromatic carbocycles. The summed E-state index contributed by atoms with van der Waals surface area (Å²) >= 11 is 17.7. The lowest BCUT2D eigenvalue weighted by atomic mass is 10.0. The Morgan fingerprint density at radius 2 is 1.60 bits per heavy atom. The number of hydrogen-bond donors (Lipinski definition) is 2. The van der Waals surface area contributed by atoms with Gasteiger partial charge in [0.05, 0.1) is 22.9 Å². The normalized spacial score (nSPS) is 11.8. The molecule has 0 aliphatic carbocycles. The molecule has 0 aromatic heterocycles. The van der Waals surface area contributed by atoms with E-state index in [9.17, 15) is 9.59 Å². The molecule has 0 spiro atoms. The first-order chi connectivity index (χ1) is 11.8. The van der Waals surface area contributed by atoms with Crippen LogP contribution in [-0.2, 0) is 22.4 Å². The van der Waals surface area contributed by atoms with E-state index in [0.29, 0.717) is 21.5 Å². The maximum absolute atomic E-state index is 12.2. The van der Waals surface area contributed by atoms with Gasteiger partial charge in [-0.15, -0.1) is 0 Å². The molecule has 0 saturated heterocycles. The molecule has 1 unspecified atom stereocenters. The highest BCUT2D eigenvalue weighted by atomic mass is 35.5. The van der Waals surface area contributed by atoms with E-state index in [2.05, 4.69) is 5.32 Å². The van der Waals surface area contributed by atoms with Crippen LogP contribution in [0.4, 0.5) is 0 Å². The largest absolute Gasteiger partial charge is 0.481 e. The summed E-state index contributed by atoms with van der Waals surface area (Å²) in [6.45, 7) is 0. The van der Waals surface area contributed by atoms with Crippen LogP contribution in [0.3, 0.4) is 0 Å². The van der Waals surface area contributed by atoms with Crippen molar-refractivity contribution in [3.05, 3.63) is 68.7 Å². The Labute approximate surface area is 160 Å². The molecule has 2 N–H and O–H groups in total. The zero-order valence-electron chi connectivity index (χ0n) is 13.1. The van der Waals surface area contributed by atoms with E-state index < -0.39 is 12.0 Å². The molecule has 0 fully saturated rings. The number of benzene rings is 2. The number of amides is 1. The first kappa shape index (κ1) is 19.6. The number of carboxylic acids is 1. The first-order valence-electron chi connectivity index (χ1n) is 7.53. The molecule has 0 radical (unpaired) electrons. The molecule has 1 amide bonds. The standard InChI is InChI=1S/C18H16Cl3NO3/c19-13-4-1-11(2-5-13)9-17(23)22-14(10-18(24)25)7-12-3-6-15(20)16(21)8-12/h1-6,8,14H,7,9-10H2,(H,22,23)(H,24,25). The van der Waals surface area contributed by atoms with Gasteiger partial charge in [0.25, 0.3) is 0 Å². The average molecular weight is 401 g/mol. The monoisotopic (exact) mass is 399 g/mol. The predicted octanol–water partition coefficient (Wildman–Crippen LogP) is 4.39. The van der Waals surface area contributed by atoms with Crippen molar-refractivity contribution in [3.63, 3.8) is 0 Å². The number of carboxylic acid groups (broad SMARTS) is 1. The number of aliphatic carboxylic acids is 1. The summed E-state index contributed by atoms with van der Waals surface area (Å²) in [6.07, 6.45) is 0.302. The molecule has 0 bridgehead atoms. The molecular formula is C18H16Cl3NO3. The van der Waals surface area contributed by atoms with E-state index in [1.54, 1.807) is 42.5 Å². The molecule has 132 valence electrons. The van der Waals surface area contributed by atoms with Gasteiger partial charge in [0, 0.05) is 11.1 Å². The van der Waals surface area contributed by atoms with Gasteiger partial charge in [-0.3, -0.25) is 9.59 Å². The highest BCUT2D eigenvalue weighted by Crippen LogP contribution is 2.23. The van der Waals surface area contributed by atoms with Crippen LogP contribution in [0.1, 0.15) is 17.5 Å². The Balaban J connectivity index is 2.03.